The van der Waals surface area contributed by atoms with Gasteiger partial charge in [-0.3, -0.25) is 0 Å². The molecule has 0 spiro atoms. The van der Waals surface area contributed by atoms with Crippen LogP contribution in [0.15, 0.2) is 21.4 Å². The fourth-order valence-electron chi connectivity index (χ4n) is 1.02. The molecule has 74 valence electrons. The standard InChI is InChI=1S/C8H5BrClNOS2/c9-5-3-14-8(11-5)6(12)4-1-2-13-7(4)10/h1-3,6,12H. The molecule has 2 aromatic rings. The molecule has 0 radical (unpaired) electrons. The third kappa shape index (κ3) is 2.01. The fraction of sp³-hybridized carbons (Fsp3) is 0.125. The Kier molecular flexibility index (Phi) is 3.23. The summed E-state index contributed by atoms with van der Waals surface area (Å²) < 4.78 is 1.35. The number of nitrogens with zero attached hydrogens (tertiary/aromatic N) is 1. The molecule has 0 aliphatic carbocycles. The summed E-state index contributed by atoms with van der Waals surface area (Å²) in [6.07, 6.45) is -0.718. The van der Waals surface area contributed by atoms with Gasteiger partial charge in [-0.1, -0.05) is 11.6 Å². The van der Waals surface area contributed by atoms with Crippen LogP contribution >= 0.6 is 50.2 Å². The summed E-state index contributed by atoms with van der Waals surface area (Å²) in [7, 11) is 0. The number of thiophene rings is 1. The SMILES string of the molecule is OC(c1nc(Br)cs1)c1ccsc1Cl. The van der Waals surface area contributed by atoms with Crippen LogP contribution in [0, 0.1) is 0 Å². The Morgan fingerprint density at radius 3 is 2.79 bits per heavy atom. The molecule has 0 saturated heterocycles. The van der Waals surface area contributed by atoms with E-state index in [4.69, 9.17) is 11.6 Å². The van der Waals surface area contributed by atoms with Gasteiger partial charge in [-0.05, 0) is 27.4 Å². The lowest BCUT2D eigenvalue weighted by atomic mass is 10.2. The maximum Gasteiger partial charge on any atom is 0.133 e. The van der Waals surface area contributed by atoms with E-state index in [1.165, 1.54) is 22.7 Å². The lowest BCUT2D eigenvalue weighted by molar-refractivity contribution is 0.220. The first-order valence-electron chi connectivity index (χ1n) is 3.70. The maximum absolute atomic E-state index is 9.92. The van der Waals surface area contributed by atoms with E-state index in [9.17, 15) is 5.11 Å². The first kappa shape index (κ1) is 10.6. The molecule has 0 fully saturated rings. The molecule has 0 amide bonds. The summed E-state index contributed by atoms with van der Waals surface area (Å²) in [4.78, 5) is 4.14. The summed E-state index contributed by atoms with van der Waals surface area (Å²) in [6, 6.07) is 1.81. The summed E-state index contributed by atoms with van der Waals surface area (Å²) in [5.41, 5.74) is 0.721. The van der Waals surface area contributed by atoms with Crippen LogP contribution in [-0.2, 0) is 0 Å². The average molecular weight is 311 g/mol. The van der Waals surface area contributed by atoms with Crippen molar-refractivity contribution in [2.45, 2.75) is 6.10 Å². The zero-order valence-electron chi connectivity index (χ0n) is 6.78. The second kappa shape index (κ2) is 4.28. The number of hydrogen-bond donors (Lipinski definition) is 1. The molecule has 1 unspecified atom stereocenters. The van der Waals surface area contributed by atoms with Crippen LogP contribution in [0.2, 0.25) is 4.34 Å². The van der Waals surface area contributed by atoms with Gasteiger partial charge in [0, 0.05) is 10.9 Å². The molecule has 0 bridgehead atoms. The molecule has 1 atom stereocenters. The van der Waals surface area contributed by atoms with E-state index in [1.807, 2.05) is 16.8 Å². The minimum absolute atomic E-state index is 0.615. The van der Waals surface area contributed by atoms with Crippen molar-refractivity contribution in [3.63, 3.8) is 0 Å². The van der Waals surface area contributed by atoms with Crippen molar-refractivity contribution in [2.75, 3.05) is 0 Å². The predicted molar refractivity (Wildman–Crippen MR) is 63.2 cm³/mol. The topological polar surface area (TPSA) is 33.1 Å². The van der Waals surface area contributed by atoms with Gasteiger partial charge in [0.15, 0.2) is 0 Å². The van der Waals surface area contributed by atoms with Gasteiger partial charge in [-0.2, -0.15) is 0 Å². The molecule has 1 N–H and O–H groups in total. The number of halogens is 2. The van der Waals surface area contributed by atoms with E-state index < -0.39 is 6.10 Å². The van der Waals surface area contributed by atoms with Crippen molar-refractivity contribution < 1.29 is 5.11 Å². The van der Waals surface area contributed by atoms with Gasteiger partial charge in [-0.15, -0.1) is 22.7 Å². The van der Waals surface area contributed by atoms with Crippen molar-refractivity contribution >= 4 is 50.2 Å². The molecule has 2 rings (SSSR count). The molecular weight excluding hydrogens is 306 g/mol. The highest BCUT2D eigenvalue weighted by Gasteiger charge is 2.17. The molecule has 6 heteroatoms. The Balaban J connectivity index is 2.33. The monoisotopic (exact) mass is 309 g/mol. The molecule has 0 aliphatic heterocycles. The fourth-order valence-corrected chi connectivity index (χ4v) is 3.26. The highest BCUT2D eigenvalue weighted by molar-refractivity contribution is 9.10. The predicted octanol–water partition coefficient (Wildman–Crippen LogP) is 3.70. The second-order valence-corrected chi connectivity index (χ2v) is 5.78. The molecule has 2 aromatic heterocycles. The summed E-state index contributed by atoms with van der Waals surface area (Å²) in [6.45, 7) is 0. The van der Waals surface area contributed by atoms with Gasteiger partial charge in [0.05, 0.1) is 4.34 Å². The zero-order valence-corrected chi connectivity index (χ0v) is 10.8. The molecule has 14 heavy (non-hydrogen) atoms. The van der Waals surface area contributed by atoms with Crippen LogP contribution in [-0.4, -0.2) is 10.1 Å². The van der Waals surface area contributed by atoms with Crippen molar-refractivity contribution in [1.82, 2.24) is 4.98 Å². The van der Waals surface area contributed by atoms with Gasteiger partial charge < -0.3 is 5.11 Å². The van der Waals surface area contributed by atoms with Crippen LogP contribution in [0.3, 0.4) is 0 Å². The van der Waals surface area contributed by atoms with Gasteiger partial charge in [-0.25, -0.2) is 4.98 Å². The molecule has 0 saturated carbocycles. The van der Waals surface area contributed by atoms with E-state index in [0.717, 1.165) is 10.2 Å². The normalized spacial score (nSPS) is 13.1. The second-order valence-electron chi connectivity index (χ2n) is 2.56. The van der Waals surface area contributed by atoms with Crippen LogP contribution in [0.5, 0.6) is 0 Å². The largest absolute Gasteiger partial charge is 0.381 e. The van der Waals surface area contributed by atoms with E-state index in [-0.39, 0.29) is 0 Å². The van der Waals surface area contributed by atoms with Gasteiger partial charge >= 0.3 is 0 Å². The van der Waals surface area contributed by atoms with E-state index >= 15 is 0 Å². The highest BCUT2D eigenvalue weighted by atomic mass is 79.9. The highest BCUT2D eigenvalue weighted by Crippen LogP contribution is 2.33. The van der Waals surface area contributed by atoms with E-state index in [1.54, 1.807) is 0 Å². The van der Waals surface area contributed by atoms with E-state index in [2.05, 4.69) is 20.9 Å². The van der Waals surface area contributed by atoms with Crippen molar-refractivity contribution in [3.8, 4) is 0 Å². The Bertz CT molecular complexity index is 442. The van der Waals surface area contributed by atoms with Gasteiger partial charge in [0.1, 0.15) is 15.7 Å². The molecular formula is C8H5BrClNOS2. The molecule has 2 nitrogen and oxygen atoms in total. The summed E-state index contributed by atoms with van der Waals surface area (Å²) in [5, 5.41) is 14.3. The Morgan fingerprint density at radius 2 is 2.29 bits per heavy atom. The Morgan fingerprint density at radius 1 is 1.50 bits per heavy atom. The summed E-state index contributed by atoms with van der Waals surface area (Å²) >= 11 is 12.0. The molecule has 2 heterocycles. The minimum Gasteiger partial charge on any atom is -0.381 e. The number of hydrogen-bond acceptors (Lipinski definition) is 4. The van der Waals surface area contributed by atoms with Crippen LogP contribution in [0.4, 0.5) is 0 Å². The smallest absolute Gasteiger partial charge is 0.133 e. The van der Waals surface area contributed by atoms with E-state index in [0.29, 0.717) is 9.34 Å². The van der Waals surface area contributed by atoms with Crippen LogP contribution in [0.25, 0.3) is 0 Å². The summed E-state index contributed by atoms with van der Waals surface area (Å²) in [5.74, 6) is 0. The zero-order chi connectivity index (χ0) is 10.1. The number of aliphatic hydroxyl groups excluding tert-OH is 1. The lowest BCUT2D eigenvalue weighted by Crippen LogP contribution is -1.97. The van der Waals surface area contributed by atoms with Crippen LogP contribution < -0.4 is 0 Å². The first-order valence-corrected chi connectivity index (χ1v) is 6.63. The number of aliphatic hydroxyl groups is 1. The van der Waals surface area contributed by atoms with Gasteiger partial charge in [0.25, 0.3) is 0 Å². The minimum atomic E-state index is -0.718. The Hall–Kier alpha value is 0.0600. The first-order chi connectivity index (χ1) is 6.68. The number of rotatable bonds is 2. The third-order valence-corrected chi connectivity index (χ3v) is 4.48. The average Bonchev–Trinajstić information content (AvgIpc) is 2.73. The number of aromatic nitrogens is 1. The van der Waals surface area contributed by atoms with Crippen molar-refractivity contribution in [3.05, 3.63) is 36.3 Å². The third-order valence-electron chi connectivity index (χ3n) is 1.67. The van der Waals surface area contributed by atoms with Crippen LogP contribution in [0.1, 0.15) is 16.7 Å². The molecule has 0 aliphatic rings. The van der Waals surface area contributed by atoms with Crippen molar-refractivity contribution in [1.29, 1.82) is 0 Å². The number of thiazole rings is 1. The quantitative estimate of drug-likeness (QED) is 0.917. The van der Waals surface area contributed by atoms with Crippen molar-refractivity contribution in [2.24, 2.45) is 0 Å². The molecule has 0 aromatic carbocycles. The van der Waals surface area contributed by atoms with Gasteiger partial charge in [0.2, 0.25) is 0 Å². The Labute approximate surface area is 102 Å². The maximum atomic E-state index is 9.92. The lowest BCUT2D eigenvalue weighted by Gasteiger charge is -2.04.